The Balaban J connectivity index is 1.92. The van der Waals surface area contributed by atoms with Gasteiger partial charge in [0, 0.05) is 17.6 Å². The molecule has 2 aromatic rings. The zero-order chi connectivity index (χ0) is 14.1. The summed E-state index contributed by atoms with van der Waals surface area (Å²) in [5, 5.41) is 2.92. The Bertz CT molecular complexity index is 638. The maximum atomic E-state index is 12.8. The van der Waals surface area contributed by atoms with Gasteiger partial charge in [-0.3, -0.25) is 4.79 Å². The molecule has 1 atom stereocenters. The highest BCUT2D eigenvalue weighted by molar-refractivity contribution is 7.98. The van der Waals surface area contributed by atoms with Gasteiger partial charge in [-0.1, -0.05) is 0 Å². The number of hydrogen-bond donors (Lipinski definition) is 0. The topological polar surface area (TPSA) is 33.2 Å². The maximum Gasteiger partial charge on any atom is 0.257 e. The van der Waals surface area contributed by atoms with Crippen LogP contribution in [0, 0.1) is 0 Å². The fourth-order valence-electron chi connectivity index (χ4n) is 2.66. The van der Waals surface area contributed by atoms with Crippen LogP contribution in [0.5, 0.6) is 0 Å². The van der Waals surface area contributed by atoms with Crippen molar-refractivity contribution < 1.29 is 4.79 Å². The van der Waals surface area contributed by atoms with Crippen LogP contribution in [0.15, 0.2) is 34.8 Å². The summed E-state index contributed by atoms with van der Waals surface area (Å²) in [6, 6.07) is 5.99. The summed E-state index contributed by atoms with van der Waals surface area (Å²) in [6.45, 7) is 2.90. The van der Waals surface area contributed by atoms with Crippen molar-refractivity contribution in [1.82, 2.24) is 9.88 Å². The third-order valence-corrected chi connectivity index (χ3v) is 5.44. The number of aromatic nitrogens is 1. The Morgan fingerprint density at radius 2 is 2.35 bits per heavy atom. The van der Waals surface area contributed by atoms with Crippen LogP contribution in [0.1, 0.15) is 33.8 Å². The summed E-state index contributed by atoms with van der Waals surface area (Å²) >= 11 is 3.31. The smallest absolute Gasteiger partial charge is 0.257 e. The van der Waals surface area contributed by atoms with Crippen molar-refractivity contribution in [1.29, 1.82) is 0 Å². The lowest BCUT2D eigenvalue weighted by Crippen LogP contribution is -2.38. The number of carbonyl (C=O) groups is 1. The van der Waals surface area contributed by atoms with E-state index >= 15 is 0 Å². The first kappa shape index (κ1) is 13.6. The molecule has 0 saturated carbocycles. The number of thioether (sulfide) groups is 1. The van der Waals surface area contributed by atoms with E-state index in [0.717, 1.165) is 18.0 Å². The van der Waals surface area contributed by atoms with Crippen LogP contribution in [-0.4, -0.2) is 28.6 Å². The number of nitrogens with zero attached hydrogens (tertiary/aromatic N) is 2. The molecule has 0 radical (unpaired) electrons. The van der Waals surface area contributed by atoms with Crippen molar-refractivity contribution >= 4 is 29.0 Å². The minimum Gasteiger partial charge on any atom is -0.331 e. The van der Waals surface area contributed by atoms with Gasteiger partial charge in [-0.15, -0.1) is 23.1 Å². The molecule has 1 amide bonds. The fourth-order valence-corrected chi connectivity index (χ4v) is 4.16. The summed E-state index contributed by atoms with van der Waals surface area (Å²) in [6.07, 6.45) is 4.65. The van der Waals surface area contributed by atoms with E-state index in [4.69, 9.17) is 0 Å². The molecular weight excluding hydrogens is 288 g/mol. The molecule has 3 nitrogen and oxygen atoms in total. The van der Waals surface area contributed by atoms with Crippen LogP contribution >= 0.6 is 23.1 Å². The van der Waals surface area contributed by atoms with E-state index in [2.05, 4.69) is 23.4 Å². The molecule has 0 saturated heterocycles. The second kappa shape index (κ2) is 5.58. The molecule has 0 bridgehead atoms. The first-order chi connectivity index (χ1) is 9.72. The maximum absolute atomic E-state index is 12.8. The predicted octanol–water partition coefficient (Wildman–Crippen LogP) is 3.62. The highest BCUT2D eigenvalue weighted by Crippen LogP contribution is 2.34. The van der Waals surface area contributed by atoms with Gasteiger partial charge in [0.15, 0.2) is 0 Å². The van der Waals surface area contributed by atoms with Gasteiger partial charge in [0.05, 0.1) is 11.6 Å². The number of fused-ring (bicyclic) bond motifs is 1. The second-order valence-corrected chi connectivity index (χ2v) is 6.58. The lowest BCUT2D eigenvalue weighted by Gasteiger charge is -2.34. The molecule has 3 heterocycles. The quantitative estimate of drug-likeness (QED) is 0.794. The molecule has 0 spiro atoms. The molecule has 2 aromatic heterocycles. The fraction of sp³-hybridized carbons (Fsp3) is 0.333. The van der Waals surface area contributed by atoms with Gasteiger partial charge in [0.1, 0.15) is 5.03 Å². The molecule has 0 N–H and O–H groups in total. The van der Waals surface area contributed by atoms with Crippen molar-refractivity contribution in [2.24, 2.45) is 0 Å². The average Bonchev–Trinajstić information content (AvgIpc) is 2.96. The Morgan fingerprint density at radius 1 is 1.50 bits per heavy atom. The van der Waals surface area contributed by atoms with E-state index in [1.165, 1.54) is 22.2 Å². The summed E-state index contributed by atoms with van der Waals surface area (Å²) in [5.74, 6) is 0.0896. The normalized spacial score (nSPS) is 17.9. The largest absolute Gasteiger partial charge is 0.331 e. The minimum absolute atomic E-state index is 0.0896. The number of rotatable bonds is 2. The van der Waals surface area contributed by atoms with E-state index in [1.807, 2.05) is 23.3 Å². The third-order valence-electron chi connectivity index (χ3n) is 3.73. The third kappa shape index (κ3) is 2.25. The Morgan fingerprint density at radius 3 is 3.15 bits per heavy atom. The lowest BCUT2D eigenvalue weighted by atomic mass is 10.0. The van der Waals surface area contributed by atoms with Crippen molar-refractivity contribution in [3.8, 4) is 0 Å². The van der Waals surface area contributed by atoms with Crippen LogP contribution in [0.4, 0.5) is 0 Å². The molecule has 0 aliphatic carbocycles. The molecule has 0 fully saturated rings. The number of carbonyl (C=O) groups excluding carboxylic acids is 1. The Hall–Kier alpha value is -1.33. The van der Waals surface area contributed by atoms with Crippen molar-refractivity contribution in [3.63, 3.8) is 0 Å². The molecule has 20 heavy (non-hydrogen) atoms. The number of pyridine rings is 1. The van der Waals surface area contributed by atoms with Gasteiger partial charge in [-0.2, -0.15) is 0 Å². The molecule has 1 aliphatic rings. The molecule has 0 aromatic carbocycles. The van der Waals surface area contributed by atoms with Crippen LogP contribution in [0.3, 0.4) is 0 Å². The molecular formula is C15H16N2OS2. The van der Waals surface area contributed by atoms with Gasteiger partial charge in [-0.25, -0.2) is 4.98 Å². The van der Waals surface area contributed by atoms with Gasteiger partial charge in [-0.05, 0) is 48.7 Å². The lowest BCUT2D eigenvalue weighted by molar-refractivity contribution is 0.0675. The second-order valence-electron chi connectivity index (χ2n) is 4.78. The van der Waals surface area contributed by atoms with Crippen molar-refractivity contribution in [2.45, 2.75) is 24.4 Å². The summed E-state index contributed by atoms with van der Waals surface area (Å²) < 4.78 is 0. The molecule has 3 rings (SSSR count). The monoisotopic (exact) mass is 304 g/mol. The Kier molecular flexibility index (Phi) is 3.81. The number of thiophene rings is 1. The standard InChI is InChI=1S/C15H16N2OS2/c1-10-11-6-9-20-13(11)5-8-17(10)15(18)12-4-3-7-16-14(12)19-2/h3-4,6-7,9-10H,5,8H2,1-2H3. The zero-order valence-corrected chi connectivity index (χ0v) is 13.1. The first-order valence-electron chi connectivity index (χ1n) is 6.58. The predicted molar refractivity (Wildman–Crippen MR) is 83.5 cm³/mol. The molecule has 104 valence electrons. The van der Waals surface area contributed by atoms with E-state index in [-0.39, 0.29) is 11.9 Å². The van der Waals surface area contributed by atoms with Crippen LogP contribution < -0.4 is 0 Å². The first-order valence-corrected chi connectivity index (χ1v) is 8.69. The van der Waals surface area contributed by atoms with E-state index in [1.54, 1.807) is 17.5 Å². The summed E-state index contributed by atoms with van der Waals surface area (Å²) in [4.78, 5) is 20.5. The van der Waals surface area contributed by atoms with Gasteiger partial charge < -0.3 is 4.90 Å². The summed E-state index contributed by atoms with van der Waals surface area (Å²) in [5.41, 5.74) is 2.01. The Labute approximate surface area is 127 Å². The molecule has 1 aliphatic heterocycles. The number of amides is 1. The van der Waals surface area contributed by atoms with Crippen LogP contribution in [0.25, 0.3) is 0 Å². The van der Waals surface area contributed by atoms with Gasteiger partial charge in [0.25, 0.3) is 5.91 Å². The van der Waals surface area contributed by atoms with Gasteiger partial charge >= 0.3 is 0 Å². The van der Waals surface area contributed by atoms with E-state index < -0.39 is 0 Å². The van der Waals surface area contributed by atoms with Crippen molar-refractivity contribution in [2.75, 3.05) is 12.8 Å². The zero-order valence-electron chi connectivity index (χ0n) is 11.5. The highest BCUT2D eigenvalue weighted by atomic mass is 32.2. The summed E-state index contributed by atoms with van der Waals surface area (Å²) in [7, 11) is 0. The van der Waals surface area contributed by atoms with Gasteiger partial charge in [0.2, 0.25) is 0 Å². The van der Waals surface area contributed by atoms with E-state index in [0.29, 0.717) is 5.56 Å². The minimum atomic E-state index is 0.0896. The van der Waals surface area contributed by atoms with E-state index in [9.17, 15) is 4.79 Å². The van der Waals surface area contributed by atoms with Crippen LogP contribution in [0.2, 0.25) is 0 Å². The SMILES string of the molecule is CSc1ncccc1C(=O)N1CCc2sccc2C1C. The molecule has 5 heteroatoms. The van der Waals surface area contributed by atoms with Crippen LogP contribution in [-0.2, 0) is 6.42 Å². The highest BCUT2D eigenvalue weighted by Gasteiger charge is 2.30. The number of hydrogen-bond acceptors (Lipinski definition) is 4. The van der Waals surface area contributed by atoms with Crippen molar-refractivity contribution in [3.05, 3.63) is 45.8 Å². The average molecular weight is 304 g/mol. The molecule has 1 unspecified atom stereocenters.